The number of alkyl halides is 1. The van der Waals surface area contributed by atoms with Gasteiger partial charge in [0.2, 0.25) is 15.8 Å². The van der Waals surface area contributed by atoms with Gasteiger partial charge in [0.25, 0.3) is 0 Å². The van der Waals surface area contributed by atoms with Gasteiger partial charge < -0.3 is 5.32 Å². The number of nitrogens with one attached hydrogen (secondary N) is 2. The molecule has 34 heavy (non-hydrogen) atoms. The molecule has 0 radical (unpaired) electrons. The molecule has 2 aromatic heterocycles. The first-order valence-electron chi connectivity index (χ1n) is 11.2. The predicted octanol–water partition coefficient (Wildman–Crippen LogP) is 3.38. The predicted molar refractivity (Wildman–Crippen MR) is 126 cm³/mol. The van der Waals surface area contributed by atoms with E-state index >= 15 is 0 Å². The Labute approximate surface area is 197 Å². The minimum atomic E-state index is -3.98. The summed E-state index contributed by atoms with van der Waals surface area (Å²) in [7, 11) is -3.98. The number of rotatable bonds is 7. The van der Waals surface area contributed by atoms with Crippen LogP contribution in [0, 0.1) is 11.3 Å². The molecule has 2 aliphatic carbocycles. The van der Waals surface area contributed by atoms with Crippen LogP contribution in [0.15, 0.2) is 35.6 Å². The maximum Gasteiger partial charge on any atom is 0.241 e. The Kier molecular flexibility index (Phi) is 5.49. The third-order valence-electron chi connectivity index (χ3n) is 6.18. The van der Waals surface area contributed by atoms with Crippen LogP contribution in [0.4, 0.5) is 10.1 Å². The van der Waals surface area contributed by atoms with E-state index in [1.807, 2.05) is 18.2 Å². The Balaban J connectivity index is 1.55. The van der Waals surface area contributed by atoms with Crippen molar-refractivity contribution in [2.75, 3.05) is 11.9 Å². The molecule has 10 heteroatoms. The van der Waals surface area contributed by atoms with Gasteiger partial charge in [0.1, 0.15) is 11.7 Å². The molecule has 1 saturated carbocycles. The molecule has 0 bridgehead atoms. The number of benzene rings is 1. The van der Waals surface area contributed by atoms with Crippen LogP contribution in [0.3, 0.4) is 0 Å². The van der Waals surface area contributed by atoms with Crippen LogP contribution in [0.25, 0.3) is 10.8 Å². The zero-order valence-corrected chi connectivity index (χ0v) is 19.8. The third kappa shape index (κ3) is 4.58. The number of pyridine rings is 1. The number of fused-ring (bicyclic) bond motifs is 2. The van der Waals surface area contributed by atoms with Crippen molar-refractivity contribution in [1.29, 1.82) is 5.26 Å². The Morgan fingerprint density at radius 3 is 2.53 bits per heavy atom. The zero-order chi connectivity index (χ0) is 24.1. The van der Waals surface area contributed by atoms with Crippen LogP contribution in [-0.4, -0.2) is 41.6 Å². The van der Waals surface area contributed by atoms with Crippen molar-refractivity contribution < 1.29 is 12.8 Å². The lowest BCUT2D eigenvalue weighted by molar-refractivity contribution is 0.221. The summed E-state index contributed by atoms with van der Waals surface area (Å²) in [6, 6.07) is 5.70. The van der Waals surface area contributed by atoms with E-state index in [1.54, 1.807) is 18.6 Å². The van der Waals surface area contributed by atoms with Crippen molar-refractivity contribution in [2.24, 2.45) is 0 Å². The van der Waals surface area contributed by atoms with Crippen LogP contribution in [0.5, 0.6) is 0 Å². The number of anilines is 1. The molecule has 2 heterocycles. The molecule has 1 fully saturated rings. The molecule has 0 amide bonds. The van der Waals surface area contributed by atoms with Gasteiger partial charge in [0.15, 0.2) is 0 Å². The summed E-state index contributed by atoms with van der Waals surface area (Å²) in [4.78, 5) is 12.8. The molecule has 176 valence electrons. The van der Waals surface area contributed by atoms with Gasteiger partial charge in [0, 0.05) is 41.2 Å². The molecule has 0 unspecified atom stereocenters. The summed E-state index contributed by atoms with van der Waals surface area (Å²) in [6.45, 7) is 2.38. The van der Waals surface area contributed by atoms with Gasteiger partial charge in [-0.05, 0) is 62.8 Å². The van der Waals surface area contributed by atoms with Crippen molar-refractivity contribution in [3.8, 4) is 6.07 Å². The number of hydrogen-bond acceptors (Lipinski definition) is 7. The normalized spacial score (nSPS) is 18.0. The summed E-state index contributed by atoms with van der Waals surface area (Å²) in [5.74, 6) is 0.456. The Morgan fingerprint density at radius 1 is 1.15 bits per heavy atom. The number of aromatic nitrogens is 3. The summed E-state index contributed by atoms with van der Waals surface area (Å²) >= 11 is 0. The minimum Gasteiger partial charge on any atom is -0.379 e. The van der Waals surface area contributed by atoms with Crippen molar-refractivity contribution in [3.05, 3.63) is 53.4 Å². The van der Waals surface area contributed by atoms with Gasteiger partial charge >= 0.3 is 0 Å². The quantitative estimate of drug-likeness (QED) is 0.532. The average molecular weight is 481 g/mol. The molecule has 0 aliphatic heterocycles. The molecule has 2 N–H and O–H groups in total. The van der Waals surface area contributed by atoms with Crippen LogP contribution in [0.2, 0.25) is 0 Å². The summed E-state index contributed by atoms with van der Waals surface area (Å²) in [6.07, 6.45) is 8.01. The number of hydrogen-bond donors (Lipinski definition) is 2. The highest BCUT2D eigenvalue weighted by molar-refractivity contribution is 7.89. The monoisotopic (exact) mass is 480 g/mol. The second kappa shape index (κ2) is 8.25. The maximum atomic E-state index is 14.2. The highest BCUT2D eigenvalue weighted by Crippen LogP contribution is 2.42. The highest BCUT2D eigenvalue weighted by atomic mass is 32.2. The first-order chi connectivity index (χ1) is 16.1. The second-order valence-electron chi connectivity index (χ2n) is 9.65. The summed E-state index contributed by atoms with van der Waals surface area (Å²) in [5.41, 5.74) is 1.52. The van der Waals surface area contributed by atoms with Crippen LogP contribution < -0.4 is 10.0 Å². The first kappa shape index (κ1) is 22.6. The zero-order valence-electron chi connectivity index (χ0n) is 19.0. The van der Waals surface area contributed by atoms with Gasteiger partial charge in [0.05, 0.1) is 23.0 Å². The van der Waals surface area contributed by atoms with Crippen LogP contribution in [-0.2, 0) is 22.9 Å². The van der Waals surface area contributed by atoms with E-state index in [-0.39, 0.29) is 23.3 Å². The lowest BCUT2D eigenvalue weighted by atomic mass is 10.0. The average Bonchev–Trinajstić information content (AvgIpc) is 3.56. The number of nitriles is 1. The van der Waals surface area contributed by atoms with E-state index in [0.717, 1.165) is 35.0 Å². The molecule has 5 rings (SSSR count). The molecule has 1 atom stereocenters. The highest BCUT2D eigenvalue weighted by Gasteiger charge is 2.33. The van der Waals surface area contributed by atoms with E-state index in [1.165, 1.54) is 13.8 Å². The standard InChI is InChI=1S/C24H25FN6O2S/c1-24(2,25)13-30-34(32,33)23-19-7-17(31-18-11-28-22(9-26)29-12-18)6-15(19)5-16-10-27-21(8-20(16)23)14-3-4-14/h5,8,10-12,14,17,30-31H,3-4,6-7,13H2,1-2H3/t17-/m1/s1. The van der Waals surface area contributed by atoms with E-state index in [9.17, 15) is 12.8 Å². The molecule has 8 nitrogen and oxygen atoms in total. The smallest absolute Gasteiger partial charge is 0.241 e. The lowest BCUT2D eigenvalue weighted by Crippen LogP contribution is -2.36. The van der Waals surface area contributed by atoms with E-state index in [2.05, 4.69) is 25.0 Å². The molecule has 1 aromatic carbocycles. The summed E-state index contributed by atoms with van der Waals surface area (Å²) < 4.78 is 43.7. The fourth-order valence-corrected chi connectivity index (χ4v) is 6.10. The van der Waals surface area contributed by atoms with Gasteiger partial charge in [-0.1, -0.05) is 0 Å². The first-order valence-corrected chi connectivity index (χ1v) is 12.7. The van der Waals surface area contributed by atoms with Gasteiger partial charge in [-0.3, -0.25) is 4.98 Å². The second-order valence-corrected chi connectivity index (χ2v) is 11.4. The maximum absolute atomic E-state index is 14.2. The number of halogens is 1. The molecular formula is C24H25FN6O2S. The van der Waals surface area contributed by atoms with E-state index in [4.69, 9.17) is 5.26 Å². The van der Waals surface area contributed by atoms with Gasteiger partial charge in [-0.2, -0.15) is 5.26 Å². The Bertz CT molecular complexity index is 1410. The molecule has 3 aromatic rings. The Morgan fingerprint density at radius 2 is 1.88 bits per heavy atom. The fourth-order valence-electron chi connectivity index (χ4n) is 4.41. The molecular weight excluding hydrogens is 455 g/mol. The lowest BCUT2D eigenvalue weighted by Gasteiger charge is -2.18. The molecule has 0 spiro atoms. The van der Waals surface area contributed by atoms with Gasteiger partial charge in [-0.25, -0.2) is 27.5 Å². The molecule has 2 aliphatic rings. The Hall–Kier alpha value is -3.16. The van der Waals surface area contributed by atoms with Crippen LogP contribution >= 0.6 is 0 Å². The van der Waals surface area contributed by atoms with Crippen molar-refractivity contribution >= 4 is 26.5 Å². The van der Waals surface area contributed by atoms with Crippen molar-refractivity contribution in [3.63, 3.8) is 0 Å². The SMILES string of the molecule is CC(C)(F)CNS(=O)(=O)c1c2c(cc3cnc(C4CC4)cc13)C[C@@H](Nc1cnc(C#N)nc1)C2. The topological polar surface area (TPSA) is 121 Å². The van der Waals surface area contributed by atoms with Crippen molar-refractivity contribution in [2.45, 2.75) is 62.1 Å². The largest absolute Gasteiger partial charge is 0.379 e. The number of nitrogens with zero attached hydrogens (tertiary/aromatic N) is 4. The van der Waals surface area contributed by atoms with Gasteiger partial charge in [-0.15, -0.1) is 0 Å². The van der Waals surface area contributed by atoms with E-state index in [0.29, 0.717) is 29.8 Å². The van der Waals surface area contributed by atoms with E-state index < -0.39 is 15.7 Å². The van der Waals surface area contributed by atoms with Crippen molar-refractivity contribution in [1.82, 2.24) is 19.7 Å². The molecule has 0 saturated heterocycles. The summed E-state index contributed by atoms with van der Waals surface area (Å²) in [5, 5.41) is 13.6. The minimum absolute atomic E-state index is 0.0780. The number of sulfonamides is 1. The fraction of sp³-hybridized carbons (Fsp3) is 0.417. The van der Waals surface area contributed by atoms with Crippen LogP contribution in [0.1, 0.15) is 55.3 Å². The third-order valence-corrected chi connectivity index (χ3v) is 7.71.